The van der Waals surface area contributed by atoms with E-state index in [9.17, 15) is 4.79 Å². The maximum atomic E-state index is 11.8. The van der Waals surface area contributed by atoms with Gasteiger partial charge < -0.3 is 10.6 Å². The monoisotopic (exact) mass is 258 g/mol. The van der Waals surface area contributed by atoms with Crippen molar-refractivity contribution in [2.24, 2.45) is 7.05 Å². The summed E-state index contributed by atoms with van der Waals surface area (Å²) in [6.07, 6.45) is 1.88. The maximum absolute atomic E-state index is 11.8. The second-order valence-electron chi connectivity index (χ2n) is 4.45. The number of benzene rings is 1. The SMILES string of the molecule is Cc1ccccc1NC(=O)CNCc1ccn(C)n1. The molecule has 0 radical (unpaired) electrons. The Morgan fingerprint density at radius 1 is 1.32 bits per heavy atom. The summed E-state index contributed by atoms with van der Waals surface area (Å²) in [5.74, 6) is -0.0507. The van der Waals surface area contributed by atoms with E-state index in [1.807, 2.05) is 50.5 Å². The molecule has 1 aromatic heterocycles. The van der Waals surface area contributed by atoms with Crippen molar-refractivity contribution in [2.75, 3.05) is 11.9 Å². The van der Waals surface area contributed by atoms with Crippen molar-refractivity contribution in [2.45, 2.75) is 13.5 Å². The molecule has 0 saturated heterocycles. The highest BCUT2D eigenvalue weighted by Gasteiger charge is 2.04. The Morgan fingerprint density at radius 2 is 2.11 bits per heavy atom. The van der Waals surface area contributed by atoms with Crippen LogP contribution >= 0.6 is 0 Å². The molecule has 1 aromatic carbocycles. The quantitative estimate of drug-likeness (QED) is 0.853. The fourth-order valence-corrected chi connectivity index (χ4v) is 1.77. The number of hydrogen-bond donors (Lipinski definition) is 2. The van der Waals surface area contributed by atoms with Crippen LogP contribution in [0.5, 0.6) is 0 Å². The highest BCUT2D eigenvalue weighted by molar-refractivity contribution is 5.92. The smallest absolute Gasteiger partial charge is 0.238 e. The third kappa shape index (κ3) is 3.93. The second kappa shape index (κ2) is 6.15. The molecular weight excluding hydrogens is 240 g/mol. The van der Waals surface area contributed by atoms with Gasteiger partial charge >= 0.3 is 0 Å². The average molecular weight is 258 g/mol. The van der Waals surface area contributed by atoms with Gasteiger partial charge in [0.2, 0.25) is 5.91 Å². The summed E-state index contributed by atoms with van der Waals surface area (Å²) in [6, 6.07) is 9.64. The van der Waals surface area contributed by atoms with E-state index in [0.717, 1.165) is 16.9 Å². The summed E-state index contributed by atoms with van der Waals surface area (Å²) in [5.41, 5.74) is 2.83. The summed E-state index contributed by atoms with van der Waals surface area (Å²) in [5, 5.41) is 10.2. The van der Waals surface area contributed by atoms with E-state index >= 15 is 0 Å². The Kier molecular flexibility index (Phi) is 4.30. The van der Waals surface area contributed by atoms with Gasteiger partial charge in [-0.1, -0.05) is 18.2 Å². The molecule has 0 unspecified atom stereocenters. The van der Waals surface area contributed by atoms with E-state index in [4.69, 9.17) is 0 Å². The standard InChI is InChI=1S/C14H18N4O/c1-11-5-3-4-6-13(11)16-14(19)10-15-9-12-7-8-18(2)17-12/h3-8,15H,9-10H2,1-2H3,(H,16,19). The molecule has 100 valence electrons. The molecular formula is C14H18N4O. The summed E-state index contributed by atoms with van der Waals surface area (Å²) < 4.78 is 1.74. The number of aromatic nitrogens is 2. The summed E-state index contributed by atoms with van der Waals surface area (Å²) >= 11 is 0. The highest BCUT2D eigenvalue weighted by atomic mass is 16.1. The van der Waals surface area contributed by atoms with Crippen molar-refractivity contribution < 1.29 is 4.79 Å². The Morgan fingerprint density at radius 3 is 2.79 bits per heavy atom. The molecule has 1 amide bonds. The minimum absolute atomic E-state index is 0.0507. The molecule has 2 rings (SSSR count). The Hall–Kier alpha value is -2.14. The van der Waals surface area contributed by atoms with Crippen LogP contribution in [0, 0.1) is 6.92 Å². The minimum Gasteiger partial charge on any atom is -0.325 e. The van der Waals surface area contributed by atoms with Gasteiger partial charge in [0.05, 0.1) is 12.2 Å². The molecule has 19 heavy (non-hydrogen) atoms. The zero-order valence-electron chi connectivity index (χ0n) is 11.2. The molecule has 2 N–H and O–H groups in total. The van der Waals surface area contributed by atoms with Gasteiger partial charge in [0, 0.05) is 25.5 Å². The van der Waals surface area contributed by atoms with Crippen LogP contribution in [0.3, 0.4) is 0 Å². The highest BCUT2D eigenvalue weighted by Crippen LogP contribution is 2.12. The largest absolute Gasteiger partial charge is 0.325 e. The van der Waals surface area contributed by atoms with E-state index in [0.29, 0.717) is 6.54 Å². The lowest BCUT2D eigenvalue weighted by atomic mass is 10.2. The van der Waals surface area contributed by atoms with Crippen LogP contribution in [0.1, 0.15) is 11.3 Å². The van der Waals surface area contributed by atoms with Crippen molar-refractivity contribution in [1.29, 1.82) is 0 Å². The van der Waals surface area contributed by atoms with Crippen LogP contribution < -0.4 is 10.6 Å². The lowest BCUT2D eigenvalue weighted by molar-refractivity contribution is -0.115. The van der Waals surface area contributed by atoms with Crippen molar-refractivity contribution >= 4 is 11.6 Å². The number of para-hydroxylation sites is 1. The van der Waals surface area contributed by atoms with Crippen molar-refractivity contribution in [1.82, 2.24) is 15.1 Å². The molecule has 0 aliphatic heterocycles. The van der Waals surface area contributed by atoms with Crippen LogP contribution in [0.4, 0.5) is 5.69 Å². The van der Waals surface area contributed by atoms with E-state index in [2.05, 4.69) is 15.7 Å². The van der Waals surface area contributed by atoms with Crippen LogP contribution in [0.25, 0.3) is 0 Å². The number of anilines is 1. The first-order chi connectivity index (χ1) is 9.15. The third-order valence-electron chi connectivity index (χ3n) is 2.78. The molecule has 1 heterocycles. The maximum Gasteiger partial charge on any atom is 0.238 e. The fourth-order valence-electron chi connectivity index (χ4n) is 1.77. The van der Waals surface area contributed by atoms with E-state index in [-0.39, 0.29) is 12.5 Å². The Bertz CT molecular complexity index is 562. The molecule has 0 aliphatic rings. The lowest BCUT2D eigenvalue weighted by Crippen LogP contribution is -2.28. The number of rotatable bonds is 5. The normalized spacial score (nSPS) is 10.4. The first kappa shape index (κ1) is 13.3. The second-order valence-corrected chi connectivity index (χ2v) is 4.45. The van der Waals surface area contributed by atoms with Gasteiger partial charge in [-0.05, 0) is 24.6 Å². The van der Waals surface area contributed by atoms with Gasteiger partial charge in [0.1, 0.15) is 0 Å². The average Bonchev–Trinajstić information content (AvgIpc) is 2.78. The topological polar surface area (TPSA) is 59.0 Å². The molecule has 0 bridgehead atoms. The van der Waals surface area contributed by atoms with Crippen LogP contribution in [0.2, 0.25) is 0 Å². The van der Waals surface area contributed by atoms with Gasteiger partial charge in [-0.25, -0.2) is 0 Å². The zero-order valence-corrected chi connectivity index (χ0v) is 11.2. The van der Waals surface area contributed by atoms with Crippen LogP contribution in [0.15, 0.2) is 36.5 Å². The number of aryl methyl sites for hydroxylation is 2. The number of carbonyl (C=O) groups excluding carboxylic acids is 1. The van der Waals surface area contributed by atoms with E-state index in [1.54, 1.807) is 4.68 Å². The van der Waals surface area contributed by atoms with Gasteiger partial charge in [-0.3, -0.25) is 9.48 Å². The fraction of sp³-hybridized carbons (Fsp3) is 0.286. The molecule has 0 aliphatic carbocycles. The number of nitrogens with zero attached hydrogens (tertiary/aromatic N) is 2. The first-order valence-electron chi connectivity index (χ1n) is 6.20. The Labute approximate surface area is 112 Å². The van der Waals surface area contributed by atoms with Crippen LogP contribution in [-0.4, -0.2) is 22.2 Å². The number of nitrogens with one attached hydrogen (secondary N) is 2. The number of hydrogen-bond acceptors (Lipinski definition) is 3. The van der Waals surface area contributed by atoms with E-state index < -0.39 is 0 Å². The predicted molar refractivity (Wildman–Crippen MR) is 74.7 cm³/mol. The molecule has 0 atom stereocenters. The Balaban J connectivity index is 1.77. The van der Waals surface area contributed by atoms with Crippen molar-refractivity contribution in [3.8, 4) is 0 Å². The number of carbonyl (C=O) groups is 1. The summed E-state index contributed by atoms with van der Waals surface area (Å²) in [6.45, 7) is 2.82. The van der Waals surface area contributed by atoms with Gasteiger partial charge in [-0.15, -0.1) is 0 Å². The van der Waals surface area contributed by atoms with Gasteiger partial charge in [0.15, 0.2) is 0 Å². The van der Waals surface area contributed by atoms with Crippen LogP contribution in [-0.2, 0) is 18.4 Å². The molecule has 0 fully saturated rings. The molecule has 5 nitrogen and oxygen atoms in total. The van der Waals surface area contributed by atoms with Crippen molar-refractivity contribution in [3.63, 3.8) is 0 Å². The minimum atomic E-state index is -0.0507. The van der Waals surface area contributed by atoms with E-state index in [1.165, 1.54) is 0 Å². The molecule has 0 spiro atoms. The molecule has 5 heteroatoms. The third-order valence-corrected chi connectivity index (χ3v) is 2.78. The lowest BCUT2D eigenvalue weighted by Gasteiger charge is -2.08. The molecule has 0 saturated carbocycles. The van der Waals surface area contributed by atoms with Gasteiger partial charge in [-0.2, -0.15) is 5.10 Å². The van der Waals surface area contributed by atoms with Gasteiger partial charge in [0.25, 0.3) is 0 Å². The molecule has 2 aromatic rings. The predicted octanol–water partition coefficient (Wildman–Crippen LogP) is 1.46. The summed E-state index contributed by atoms with van der Waals surface area (Å²) in [4.78, 5) is 11.8. The zero-order chi connectivity index (χ0) is 13.7. The first-order valence-corrected chi connectivity index (χ1v) is 6.20. The number of amides is 1. The summed E-state index contributed by atoms with van der Waals surface area (Å²) in [7, 11) is 1.87. The van der Waals surface area contributed by atoms with Crippen molar-refractivity contribution in [3.05, 3.63) is 47.8 Å².